The quantitative estimate of drug-likeness (QED) is 0.428. The van der Waals surface area contributed by atoms with Crippen molar-refractivity contribution in [2.75, 3.05) is 42.3 Å². The van der Waals surface area contributed by atoms with Crippen LogP contribution in [0.2, 0.25) is 0 Å². The fourth-order valence-electron chi connectivity index (χ4n) is 3.84. The summed E-state index contributed by atoms with van der Waals surface area (Å²) in [4.78, 5) is 27.1. The van der Waals surface area contributed by atoms with E-state index in [0.717, 1.165) is 58.4 Å². The molecule has 2 aromatic heterocycles. The number of carbonyl (C=O) groups is 1. The molecule has 8 heteroatoms. The fourth-order valence-corrected chi connectivity index (χ4v) is 5.83. The van der Waals surface area contributed by atoms with Crippen molar-refractivity contribution in [2.45, 2.75) is 37.6 Å². The summed E-state index contributed by atoms with van der Waals surface area (Å²) in [6.07, 6.45) is 2.33. The number of thiophene rings is 1. The summed E-state index contributed by atoms with van der Waals surface area (Å²) in [6.45, 7) is 7.34. The molecule has 6 nitrogen and oxygen atoms in total. The van der Waals surface area contributed by atoms with Crippen LogP contribution in [0.4, 0.5) is 11.4 Å². The lowest BCUT2D eigenvalue weighted by molar-refractivity contribution is -0.113. The highest BCUT2D eigenvalue weighted by Crippen LogP contribution is 2.42. The number of amides is 1. The number of carbonyl (C=O) groups excluding carboxylic acids is 1. The molecular formula is C23H26N4O2S2. The number of hydrogen-bond donors (Lipinski definition) is 1. The zero-order chi connectivity index (χ0) is 21.4. The molecule has 3 aromatic rings. The van der Waals surface area contributed by atoms with Crippen molar-refractivity contribution in [1.29, 1.82) is 0 Å². The molecule has 1 aliphatic carbocycles. The van der Waals surface area contributed by atoms with Crippen LogP contribution in [0.5, 0.6) is 0 Å². The Morgan fingerprint density at radius 2 is 2.00 bits per heavy atom. The maximum absolute atomic E-state index is 12.9. The van der Waals surface area contributed by atoms with Gasteiger partial charge in [-0.05, 0) is 44.4 Å². The molecule has 1 N–H and O–H groups in total. The van der Waals surface area contributed by atoms with Gasteiger partial charge in [0.05, 0.1) is 30.3 Å². The molecule has 0 unspecified atom stereocenters. The number of morpholine rings is 1. The highest BCUT2D eigenvalue weighted by Gasteiger charge is 2.28. The number of anilines is 2. The summed E-state index contributed by atoms with van der Waals surface area (Å²) < 4.78 is 5.46. The first kappa shape index (κ1) is 20.7. The van der Waals surface area contributed by atoms with Crippen molar-refractivity contribution in [1.82, 2.24) is 9.97 Å². The molecule has 1 aliphatic heterocycles. The number of para-hydroxylation sites is 2. The summed E-state index contributed by atoms with van der Waals surface area (Å²) in [6, 6.07) is 7.99. The third-order valence-corrected chi connectivity index (χ3v) is 7.90. The van der Waals surface area contributed by atoms with Gasteiger partial charge in [0.1, 0.15) is 15.7 Å². The van der Waals surface area contributed by atoms with Crippen LogP contribution in [0.15, 0.2) is 29.3 Å². The lowest BCUT2D eigenvalue weighted by Crippen LogP contribution is -2.36. The predicted molar refractivity (Wildman–Crippen MR) is 128 cm³/mol. The van der Waals surface area contributed by atoms with E-state index < -0.39 is 0 Å². The van der Waals surface area contributed by atoms with Crippen LogP contribution in [0.25, 0.3) is 10.2 Å². The number of rotatable bonds is 6. The standard InChI is InChI=1S/C23H26N4O2S2/c1-14-15(2)31-23-20(14)22(25-21(26-23)16-7-8-16)30-13-19(28)24-17-5-3-4-6-18(17)27-9-11-29-12-10-27/h3-6,16H,7-13H2,1-2H3,(H,24,28). The summed E-state index contributed by atoms with van der Waals surface area (Å²) in [5.74, 6) is 1.73. The minimum Gasteiger partial charge on any atom is -0.378 e. The molecule has 0 spiro atoms. The van der Waals surface area contributed by atoms with Crippen LogP contribution in [0, 0.1) is 13.8 Å². The Kier molecular flexibility index (Phi) is 5.86. The molecular weight excluding hydrogens is 428 g/mol. The van der Waals surface area contributed by atoms with Crippen molar-refractivity contribution in [3.63, 3.8) is 0 Å². The Labute approximate surface area is 190 Å². The third-order valence-electron chi connectivity index (χ3n) is 5.83. The summed E-state index contributed by atoms with van der Waals surface area (Å²) >= 11 is 3.24. The SMILES string of the molecule is Cc1sc2nc(C3CC3)nc(SCC(=O)Nc3ccccc3N3CCOCC3)c2c1C. The molecule has 2 aliphatic rings. The number of nitrogens with zero attached hydrogens (tertiary/aromatic N) is 3. The van der Waals surface area contributed by atoms with Crippen LogP contribution in [-0.2, 0) is 9.53 Å². The van der Waals surface area contributed by atoms with Crippen molar-refractivity contribution in [2.24, 2.45) is 0 Å². The van der Waals surface area contributed by atoms with Crippen LogP contribution in [0.1, 0.15) is 35.0 Å². The van der Waals surface area contributed by atoms with Gasteiger partial charge in [-0.3, -0.25) is 4.79 Å². The first-order valence-corrected chi connectivity index (χ1v) is 12.5. The van der Waals surface area contributed by atoms with Crippen LogP contribution in [-0.4, -0.2) is 47.9 Å². The Bertz CT molecular complexity index is 1120. The van der Waals surface area contributed by atoms with E-state index in [1.165, 1.54) is 22.2 Å². The van der Waals surface area contributed by atoms with Crippen molar-refractivity contribution in [3.05, 3.63) is 40.5 Å². The first-order valence-electron chi connectivity index (χ1n) is 10.7. The number of ether oxygens (including phenoxy) is 1. The van der Waals surface area contributed by atoms with E-state index in [-0.39, 0.29) is 5.91 Å². The number of aromatic nitrogens is 2. The second-order valence-electron chi connectivity index (χ2n) is 8.08. The predicted octanol–water partition coefficient (Wildman–Crippen LogP) is 4.75. The summed E-state index contributed by atoms with van der Waals surface area (Å²) in [5, 5.41) is 5.16. The molecule has 0 radical (unpaired) electrons. The average molecular weight is 455 g/mol. The van der Waals surface area contributed by atoms with Gasteiger partial charge in [-0.25, -0.2) is 9.97 Å². The highest BCUT2D eigenvalue weighted by molar-refractivity contribution is 8.00. The minimum absolute atomic E-state index is 0.0185. The van der Waals surface area contributed by atoms with Crippen LogP contribution < -0.4 is 10.2 Å². The van der Waals surface area contributed by atoms with Gasteiger partial charge < -0.3 is 15.0 Å². The molecule has 1 saturated carbocycles. The Morgan fingerprint density at radius 1 is 1.23 bits per heavy atom. The highest BCUT2D eigenvalue weighted by atomic mass is 32.2. The van der Waals surface area contributed by atoms with Crippen molar-refractivity contribution in [3.8, 4) is 0 Å². The molecule has 31 heavy (non-hydrogen) atoms. The van der Waals surface area contributed by atoms with E-state index in [2.05, 4.69) is 30.1 Å². The molecule has 0 bridgehead atoms. The number of aryl methyl sites for hydroxylation is 2. The number of hydrogen-bond acceptors (Lipinski definition) is 7. The average Bonchev–Trinajstić information content (AvgIpc) is 3.59. The Balaban J connectivity index is 1.33. The van der Waals surface area contributed by atoms with E-state index in [1.807, 2.05) is 18.2 Å². The Morgan fingerprint density at radius 3 is 2.77 bits per heavy atom. The lowest BCUT2D eigenvalue weighted by Gasteiger charge is -2.30. The van der Waals surface area contributed by atoms with Gasteiger partial charge in [0.2, 0.25) is 5.91 Å². The summed E-state index contributed by atoms with van der Waals surface area (Å²) in [7, 11) is 0. The number of nitrogens with one attached hydrogen (secondary N) is 1. The second kappa shape index (κ2) is 8.76. The zero-order valence-corrected chi connectivity index (χ0v) is 19.4. The maximum atomic E-state index is 12.9. The van der Waals surface area contributed by atoms with E-state index in [0.29, 0.717) is 24.9 Å². The number of thioether (sulfide) groups is 1. The molecule has 3 heterocycles. The molecule has 5 rings (SSSR count). The minimum atomic E-state index is -0.0185. The third kappa shape index (κ3) is 4.42. The summed E-state index contributed by atoms with van der Waals surface area (Å²) in [5.41, 5.74) is 3.13. The number of benzene rings is 1. The van der Waals surface area contributed by atoms with Gasteiger partial charge in [-0.15, -0.1) is 11.3 Å². The first-order chi connectivity index (χ1) is 15.1. The largest absolute Gasteiger partial charge is 0.378 e. The molecule has 1 saturated heterocycles. The molecule has 1 amide bonds. The van der Waals surface area contributed by atoms with Gasteiger partial charge in [-0.1, -0.05) is 23.9 Å². The van der Waals surface area contributed by atoms with Crippen LogP contribution in [0.3, 0.4) is 0 Å². The normalized spacial score (nSPS) is 16.6. The van der Waals surface area contributed by atoms with Crippen molar-refractivity contribution < 1.29 is 9.53 Å². The van der Waals surface area contributed by atoms with Crippen molar-refractivity contribution >= 4 is 50.6 Å². The molecule has 1 aromatic carbocycles. The number of fused-ring (bicyclic) bond motifs is 1. The smallest absolute Gasteiger partial charge is 0.234 e. The van der Waals surface area contributed by atoms with E-state index in [4.69, 9.17) is 14.7 Å². The van der Waals surface area contributed by atoms with Gasteiger partial charge >= 0.3 is 0 Å². The van der Waals surface area contributed by atoms with Gasteiger partial charge in [0.25, 0.3) is 0 Å². The zero-order valence-electron chi connectivity index (χ0n) is 17.8. The topological polar surface area (TPSA) is 67.4 Å². The van der Waals surface area contributed by atoms with Gasteiger partial charge in [0.15, 0.2) is 0 Å². The van der Waals surface area contributed by atoms with Gasteiger partial charge in [-0.2, -0.15) is 0 Å². The maximum Gasteiger partial charge on any atom is 0.234 e. The Hall–Kier alpha value is -2.16. The lowest BCUT2D eigenvalue weighted by atomic mass is 10.2. The molecule has 162 valence electrons. The monoisotopic (exact) mass is 454 g/mol. The molecule has 0 atom stereocenters. The fraction of sp³-hybridized carbons (Fsp3) is 0.435. The van der Waals surface area contributed by atoms with E-state index in [9.17, 15) is 4.79 Å². The van der Waals surface area contributed by atoms with E-state index >= 15 is 0 Å². The second-order valence-corrected chi connectivity index (χ2v) is 10.2. The van der Waals surface area contributed by atoms with Gasteiger partial charge in [0, 0.05) is 29.3 Å². The molecule has 2 fully saturated rings. The van der Waals surface area contributed by atoms with E-state index in [1.54, 1.807) is 11.3 Å². The van der Waals surface area contributed by atoms with Crippen LogP contribution >= 0.6 is 23.1 Å².